The van der Waals surface area contributed by atoms with Gasteiger partial charge in [0.1, 0.15) is 0 Å². The molecule has 0 heterocycles. The predicted octanol–water partition coefficient (Wildman–Crippen LogP) is 4.53. The Hall–Kier alpha value is -2.46. The Kier molecular flexibility index (Phi) is 5.20. The second-order valence-electron chi connectivity index (χ2n) is 6.62. The number of rotatable bonds is 6. The quantitative estimate of drug-likeness (QED) is 0.514. The van der Waals surface area contributed by atoms with Crippen LogP contribution in [0.3, 0.4) is 0 Å². The molecule has 2 aromatic rings. The van der Waals surface area contributed by atoms with Gasteiger partial charge in [-0.25, -0.2) is 8.42 Å². The number of benzene rings is 2. The van der Waals surface area contributed by atoms with E-state index in [1.165, 1.54) is 23.4 Å². The minimum Gasteiger partial charge on any atom is -0.258 e. The van der Waals surface area contributed by atoms with Crippen molar-refractivity contribution in [3.8, 4) is 0 Å². The highest BCUT2D eigenvalue weighted by atomic mass is 32.2. The predicted molar refractivity (Wildman–Crippen MR) is 95.0 cm³/mol. The van der Waals surface area contributed by atoms with Crippen LogP contribution in [0.15, 0.2) is 53.4 Å². The van der Waals surface area contributed by atoms with E-state index in [0.29, 0.717) is 12.8 Å². The fraction of sp³-hybridized carbons (Fsp3) is 0.333. The highest BCUT2D eigenvalue weighted by Gasteiger charge is 2.42. The lowest BCUT2D eigenvalue weighted by Crippen LogP contribution is -2.35. The first-order chi connectivity index (χ1) is 13.0. The van der Waals surface area contributed by atoms with Gasteiger partial charge in [0.25, 0.3) is 5.69 Å². The summed E-state index contributed by atoms with van der Waals surface area (Å²) in [4.78, 5) is 10.0. The van der Waals surface area contributed by atoms with Gasteiger partial charge in [0.05, 0.1) is 15.4 Å². The summed E-state index contributed by atoms with van der Waals surface area (Å²) in [5.74, 6) is 0. The SMILES string of the molecule is C[C@@H](c1cccc(C(F)(F)F)c1)N(C1CC1)S(=O)(=O)c1ccc([N+](=O)[O-])cc1. The Balaban J connectivity index is 1.98. The molecule has 1 aliphatic rings. The third-order valence-electron chi connectivity index (χ3n) is 4.61. The first-order valence-electron chi connectivity index (χ1n) is 8.47. The highest BCUT2D eigenvalue weighted by molar-refractivity contribution is 7.89. The van der Waals surface area contributed by atoms with Gasteiger partial charge in [-0.1, -0.05) is 12.1 Å². The maximum absolute atomic E-state index is 13.1. The number of sulfonamides is 1. The molecule has 0 radical (unpaired) electrons. The summed E-state index contributed by atoms with van der Waals surface area (Å²) in [7, 11) is -4.05. The first kappa shape index (κ1) is 20.3. The van der Waals surface area contributed by atoms with Crippen molar-refractivity contribution in [2.45, 2.75) is 42.9 Å². The van der Waals surface area contributed by atoms with E-state index in [-0.39, 0.29) is 22.2 Å². The molecule has 1 aliphatic carbocycles. The van der Waals surface area contributed by atoms with Crippen LogP contribution in [-0.2, 0) is 16.2 Å². The molecular weight excluding hydrogens is 397 g/mol. The van der Waals surface area contributed by atoms with Crippen molar-refractivity contribution in [2.75, 3.05) is 0 Å². The van der Waals surface area contributed by atoms with E-state index in [1.807, 2.05) is 0 Å². The van der Waals surface area contributed by atoms with Crippen LogP contribution in [0, 0.1) is 10.1 Å². The average Bonchev–Trinajstić information content (AvgIpc) is 3.46. The van der Waals surface area contributed by atoms with Crippen LogP contribution in [0.4, 0.5) is 18.9 Å². The van der Waals surface area contributed by atoms with Crippen LogP contribution in [0.2, 0.25) is 0 Å². The molecule has 0 saturated heterocycles. The molecule has 10 heteroatoms. The zero-order chi connectivity index (χ0) is 20.7. The number of nitro benzene ring substituents is 1. The minimum atomic E-state index is -4.53. The van der Waals surface area contributed by atoms with E-state index in [0.717, 1.165) is 36.4 Å². The number of non-ortho nitro benzene ring substituents is 1. The molecule has 3 rings (SSSR count). The molecule has 0 aromatic heterocycles. The first-order valence-corrected chi connectivity index (χ1v) is 9.91. The Morgan fingerprint density at radius 3 is 2.25 bits per heavy atom. The molecule has 1 atom stereocenters. The van der Waals surface area contributed by atoms with Crippen LogP contribution in [0.25, 0.3) is 0 Å². The minimum absolute atomic E-state index is 0.135. The van der Waals surface area contributed by atoms with Crippen molar-refractivity contribution in [2.24, 2.45) is 0 Å². The van der Waals surface area contributed by atoms with Gasteiger partial charge < -0.3 is 0 Å². The number of hydrogen-bond donors (Lipinski definition) is 0. The van der Waals surface area contributed by atoms with Gasteiger partial charge in [0.2, 0.25) is 10.0 Å². The lowest BCUT2D eigenvalue weighted by molar-refractivity contribution is -0.384. The van der Waals surface area contributed by atoms with Gasteiger partial charge in [0, 0.05) is 24.2 Å². The van der Waals surface area contributed by atoms with E-state index in [4.69, 9.17) is 0 Å². The number of alkyl halides is 3. The molecule has 0 amide bonds. The standard InChI is InChI=1S/C18H17F3N2O4S/c1-12(13-3-2-4-14(11-13)18(19,20)21)22(15-5-6-15)28(26,27)17-9-7-16(8-10-17)23(24)25/h2-4,7-12,15H,5-6H2,1H3/t12-/m0/s1. The molecule has 2 aromatic carbocycles. The van der Waals surface area contributed by atoms with Crippen LogP contribution in [0.1, 0.15) is 36.9 Å². The summed E-state index contributed by atoms with van der Waals surface area (Å²) < 4.78 is 66.5. The molecule has 0 N–H and O–H groups in total. The second kappa shape index (κ2) is 7.17. The lowest BCUT2D eigenvalue weighted by atomic mass is 10.0. The van der Waals surface area contributed by atoms with Crippen LogP contribution in [0.5, 0.6) is 0 Å². The molecular formula is C18H17F3N2O4S. The number of nitro groups is 1. The van der Waals surface area contributed by atoms with Gasteiger partial charge in [0.15, 0.2) is 0 Å². The summed E-state index contributed by atoms with van der Waals surface area (Å²) in [5.41, 5.74) is -0.865. The fourth-order valence-electron chi connectivity index (χ4n) is 3.03. The summed E-state index contributed by atoms with van der Waals surface area (Å²) in [6.45, 7) is 1.54. The molecule has 28 heavy (non-hydrogen) atoms. The summed E-state index contributed by atoms with van der Waals surface area (Å²) in [6, 6.07) is 7.91. The zero-order valence-corrected chi connectivity index (χ0v) is 15.6. The van der Waals surface area contributed by atoms with E-state index in [9.17, 15) is 31.7 Å². The summed E-state index contributed by atoms with van der Waals surface area (Å²) in [5, 5.41) is 10.8. The van der Waals surface area contributed by atoms with Crippen molar-refractivity contribution in [1.29, 1.82) is 0 Å². The topological polar surface area (TPSA) is 80.5 Å². The van der Waals surface area contributed by atoms with Crippen LogP contribution < -0.4 is 0 Å². The molecule has 0 aliphatic heterocycles. The van der Waals surface area contributed by atoms with Crippen molar-refractivity contribution in [3.05, 3.63) is 69.8 Å². The third-order valence-corrected chi connectivity index (χ3v) is 6.65. The Morgan fingerprint density at radius 2 is 1.75 bits per heavy atom. The van der Waals surface area contributed by atoms with Gasteiger partial charge in [-0.2, -0.15) is 17.5 Å². The van der Waals surface area contributed by atoms with Crippen molar-refractivity contribution < 1.29 is 26.5 Å². The normalized spacial score (nSPS) is 16.2. The third kappa shape index (κ3) is 4.02. The van der Waals surface area contributed by atoms with Crippen LogP contribution in [-0.4, -0.2) is 23.7 Å². The summed E-state index contributed by atoms with van der Waals surface area (Å²) in [6.07, 6.45) is -3.32. The average molecular weight is 414 g/mol. The van der Waals surface area contributed by atoms with Gasteiger partial charge in [-0.15, -0.1) is 0 Å². The van der Waals surface area contributed by atoms with E-state index in [1.54, 1.807) is 0 Å². The number of halogens is 3. The second-order valence-corrected chi connectivity index (χ2v) is 8.46. The molecule has 0 spiro atoms. The molecule has 150 valence electrons. The number of nitrogens with zero attached hydrogens (tertiary/aromatic N) is 2. The monoisotopic (exact) mass is 414 g/mol. The molecule has 1 saturated carbocycles. The van der Waals surface area contributed by atoms with Gasteiger partial charge in [-0.05, 0) is 49.6 Å². The lowest BCUT2D eigenvalue weighted by Gasteiger charge is -2.29. The maximum Gasteiger partial charge on any atom is 0.416 e. The van der Waals surface area contributed by atoms with E-state index < -0.39 is 32.7 Å². The molecule has 0 unspecified atom stereocenters. The molecule has 1 fully saturated rings. The largest absolute Gasteiger partial charge is 0.416 e. The van der Waals surface area contributed by atoms with Crippen molar-refractivity contribution in [3.63, 3.8) is 0 Å². The van der Waals surface area contributed by atoms with Crippen molar-refractivity contribution >= 4 is 15.7 Å². The summed E-state index contributed by atoms with van der Waals surface area (Å²) >= 11 is 0. The fourth-order valence-corrected chi connectivity index (χ4v) is 4.90. The van der Waals surface area contributed by atoms with Crippen LogP contribution >= 0.6 is 0 Å². The maximum atomic E-state index is 13.1. The zero-order valence-electron chi connectivity index (χ0n) is 14.8. The smallest absolute Gasteiger partial charge is 0.258 e. The molecule has 0 bridgehead atoms. The number of hydrogen-bond acceptors (Lipinski definition) is 4. The van der Waals surface area contributed by atoms with E-state index >= 15 is 0 Å². The van der Waals surface area contributed by atoms with E-state index in [2.05, 4.69) is 0 Å². The Labute approximate surface area is 159 Å². The van der Waals surface area contributed by atoms with Gasteiger partial charge in [-0.3, -0.25) is 10.1 Å². The Morgan fingerprint density at radius 1 is 1.14 bits per heavy atom. The van der Waals surface area contributed by atoms with Gasteiger partial charge >= 0.3 is 6.18 Å². The molecule has 6 nitrogen and oxygen atoms in total. The Bertz CT molecular complexity index is 987. The van der Waals surface area contributed by atoms with Crippen molar-refractivity contribution in [1.82, 2.24) is 4.31 Å². The highest BCUT2D eigenvalue weighted by Crippen LogP contribution is 2.40.